The zero-order valence-corrected chi connectivity index (χ0v) is 5.85. The van der Waals surface area contributed by atoms with E-state index < -0.39 is 18.1 Å². The van der Waals surface area contributed by atoms with Gasteiger partial charge in [-0.1, -0.05) is 0 Å². The second-order valence-electron chi connectivity index (χ2n) is 1.56. The third kappa shape index (κ3) is 5.03. The molecule has 68 valence electrons. The molecule has 0 atom stereocenters. The molecule has 0 aromatic rings. The first-order chi connectivity index (χ1) is 5.54. The molecule has 0 unspecified atom stereocenters. The molecular formula is C5H6O7. The number of ether oxygens (including phenoxy) is 2. The summed E-state index contributed by atoms with van der Waals surface area (Å²) in [6.07, 6.45) is -0.546. The first-order valence-electron chi connectivity index (χ1n) is 2.80. The highest BCUT2D eigenvalue weighted by molar-refractivity contribution is 6.27. The highest BCUT2D eigenvalue weighted by Gasteiger charge is 2.09. The number of cyclic esters (lactones) is 2. The molecule has 1 rings (SSSR count). The van der Waals surface area contributed by atoms with Crippen molar-refractivity contribution in [3.8, 4) is 0 Å². The standard InChI is InChI=1S/C3H4O3.C2H2O4/c4-3-5-1-2-6-3;3-1(4)2(5)6/h1-2H2;(H,3,4)(H,5,6). The Kier molecular flexibility index (Phi) is 4.20. The largest absolute Gasteiger partial charge is 0.508 e. The lowest BCUT2D eigenvalue weighted by molar-refractivity contribution is -0.159. The van der Waals surface area contributed by atoms with Crippen LogP contribution in [0.1, 0.15) is 0 Å². The van der Waals surface area contributed by atoms with Crippen molar-refractivity contribution in [2.75, 3.05) is 13.2 Å². The number of hydrogen-bond acceptors (Lipinski definition) is 5. The summed E-state index contributed by atoms with van der Waals surface area (Å²) in [5.41, 5.74) is 0. The second-order valence-corrected chi connectivity index (χ2v) is 1.56. The third-order valence-corrected chi connectivity index (χ3v) is 0.706. The van der Waals surface area contributed by atoms with Crippen molar-refractivity contribution in [1.29, 1.82) is 0 Å². The summed E-state index contributed by atoms with van der Waals surface area (Å²) in [5, 5.41) is 14.8. The number of carbonyl (C=O) groups is 3. The number of carbonyl (C=O) groups excluding carboxylic acids is 1. The van der Waals surface area contributed by atoms with Crippen LogP contribution in [-0.4, -0.2) is 41.5 Å². The van der Waals surface area contributed by atoms with Crippen LogP contribution in [0.5, 0.6) is 0 Å². The van der Waals surface area contributed by atoms with Crippen LogP contribution in [0.3, 0.4) is 0 Å². The SMILES string of the molecule is O=C(O)C(=O)O.O=C1OCCO1. The minimum atomic E-state index is -1.82. The maximum absolute atomic E-state index is 9.80. The van der Waals surface area contributed by atoms with E-state index in [0.29, 0.717) is 13.2 Å². The molecule has 2 N–H and O–H groups in total. The van der Waals surface area contributed by atoms with Crippen LogP contribution in [-0.2, 0) is 19.1 Å². The molecule has 0 bridgehead atoms. The molecule has 1 aliphatic rings. The Hall–Kier alpha value is -1.79. The fourth-order valence-electron chi connectivity index (χ4n) is 0.292. The van der Waals surface area contributed by atoms with E-state index in [-0.39, 0.29) is 0 Å². The average molecular weight is 178 g/mol. The van der Waals surface area contributed by atoms with Crippen LogP contribution in [0.2, 0.25) is 0 Å². The Balaban J connectivity index is 0.000000202. The zero-order chi connectivity index (χ0) is 9.56. The summed E-state index contributed by atoms with van der Waals surface area (Å²) >= 11 is 0. The molecule has 0 amide bonds. The van der Waals surface area contributed by atoms with Crippen molar-refractivity contribution < 1.29 is 34.1 Å². The van der Waals surface area contributed by atoms with Gasteiger partial charge in [0.25, 0.3) is 0 Å². The van der Waals surface area contributed by atoms with E-state index >= 15 is 0 Å². The van der Waals surface area contributed by atoms with Gasteiger partial charge in [0.1, 0.15) is 13.2 Å². The molecule has 0 aromatic heterocycles. The quantitative estimate of drug-likeness (QED) is 0.373. The molecular weight excluding hydrogens is 172 g/mol. The topological polar surface area (TPSA) is 110 Å². The van der Waals surface area contributed by atoms with Crippen molar-refractivity contribution >= 4 is 18.1 Å². The fraction of sp³-hybridized carbons (Fsp3) is 0.400. The predicted molar refractivity (Wildman–Crippen MR) is 32.6 cm³/mol. The molecule has 0 radical (unpaired) electrons. The summed E-state index contributed by atoms with van der Waals surface area (Å²) in [7, 11) is 0. The van der Waals surface area contributed by atoms with Gasteiger partial charge in [-0.05, 0) is 0 Å². The number of carboxylic acids is 2. The maximum atomic E-state index is 9.80. The predicted octanol–water partition coefficient (Wildman–Crippen LogP) is -0.691. The smallest absolute Gasteiger partial charge is 0.473 e. The van der Waals surface area contributed by atoms with Crippen LogP contribution < -0.4 is 0 Å². The van der Waals surface area contributed by atoms with Gasteiger partial charge in [-0.2, -0.15) is 0 Å². The van der Waals surface area contributed by atoms with Gasteiger partial charge >= 0.3 is 18.1 Å². The van der Waals surface area contributed by atoms with Gasteiger partial charge in [0.05, 0.1) is 0 Å². The highest BCUT2D eigenvalue weighted by Crippen LogP contribution is 1.92. The maximum Gasteiger partial charge on any atom is 0.508 e. The van der Waals surface area contributed by atoms with Gasteiger partial charge in [0.2, 0.25) is 0 Å². The molecule has 0 saturated carbocycles. The summed E-state index contributed by atoms with van der Waals surface area (Å²) in [5.74, 6) is -3.65. The van der Waals surface area contributed by atoms with Gasteiger partial charge in [-0.25, -0.2) is 14.4 Å². The van der Waals surface area contributed by atoms with Crippen LogP contribution in [0.4, 0.5) is 4.79 Å². The van der Waals surface area contributed by atoms with Crippen LogP contribution in [0.25, 0.3) is 0 Å². The Morgan fingerprint density at radius 3 is 1.50 bits per heavy atom. The van der Waals surface area contributed by atoms with E-state index in [4.69, 9.17) is 19.8 Å². The van der Waals surface area contributed by atoms with Gasteiger partial charge in [-0.3, -0.25) is 0 Å². The van der Waals surface area contributed by atoms with E-state index in [9.17, 15) is 4.79 Å². The van der Waals surface area contributed by atoms with Crippen molar-refractivity contribution in [3.05, 3.63) is 0 Å². The molecule has 1 saturated heterocycles. The van der Waals surface area contributed by atoms with E-state index in [2.05, 4.69) is 9.47 Å². The monoisotopic (exact) mass is 178 g/mol. The molecule has 12 heavy (non-hydrogen) atoms. The molecule has 7 nitrogen and oxygen atoms in total. The van der Waals surface area contributed by atoms with Crippen molar-refractivity contribution in [1.82, 2.24) is 0 Å². The first kappa shape index (κ1) is 10.2. The summed E-state index contributed by atoms with van der Waals surface area (Å²) < 4.78 is 8.58. The summed E-state index contributed by atoms with van der Waals surface area (Å²) in [4.78, 5) is 28.0. The fourth-order valence-corrected chi connectivity index (χ4v) is 0.292. The molecule has 7 heteroatoms. The van der Waals surface area contributed by atoms with Crippen molar-refractivity contribution in [3.63, 3.8) is 0 Å². The lowest BCUT2D eigenvalue weighted by Crippen LogP contribution is -2.09. The van der Waals surface area contributed by atoms with Crippen molar-refractivity contribution in [2.24, 2.45) is 0 Å². The molecule has 1 aliphatic heterocycles. The van der Waals surface area contributed by atoms with Crippen LogP contribution in [0.15, 0.2) is 0 Å². The van der Waals surface area contributed by atoms with E-state index in [1.807, 2.05) is 0 Å². The van der Waals surface area contributed by atoms with Gasteiger partial charge in [0, 0.05) is 0 Å². The lowest BCUT2D eigenvalue weighted by Gasteiger charge is -1.78. The molecule has 1 heterocycles. The highest BCUT2D eigenvalue weighted by atomic mass is 16.8. The molecule has 0 aromatic carbocycles. The van der Waals surface area contributed by atoms with E-state index in [1.165, 1.54) is 0 Å². The Bertz CT molecular complexity index is 176. The first-order valence-corrected chi connectivity index (χ1v) is 2.80. The number of hydrogen-bond donors (Lipinski definition) is 2. The Labute approximate surface area is 66.5 Å². The average Bonchev–Trinajstić information content (AvgIpc) is 2.40. The summed E-state index contributed by atoms with van der Waals surface area (Å²) in [6, 6.07) is 0. The molecule has 1 fully saturated rings. The van der Waals surface area contributed by atoms with E-state index in [1.54, 1.807) is 0 Å². The molecule has 0 spiro atoms. The number of carboxylic acid groups (broad SMARTS) is 2. The second kappa shape index (κ2) is 4.94. The van der Waals surface area contributed by atoms with Crippen molar-refractivity contribution in [2.45, 2.75) is 0 Å². The van der Waals surface area contributed by atoms with Crippen LogP contribution >= 0.6 is 0 Å². The minimum Gasteiger partial charge on any atom is -0.473 e. The van der Waals surface area contributed by atoms with Gasteiger partial charge in [-0.15, -0.1) is 0 Å². The molecule has 0 aliphatic carbocycles. The Morgan fingerprint density at radius 1 is 1.08 bits per heavy atom. The zero-order valence-electron chi connectivity index (χ0n) is 5.85. The normalized spacial score (nSPS) is 13.5. The number of aliphatic carboxylic acids is 2. The van der Waals surface area contributed by atoms with Gasteiger partial charge in [0.15, 0.2) is 0 Å². The number of rotatable bonds is 0. The minimum absolute atomic E-state index is 0.416. The third-order valence-electron chi connectivity index (χ3n) is 0.706. The Morgan fingerprint density at radius 2 is 1.42 bits per heavy atom. The van der Waals surface area contributed by atoms with Crippen LogP contribution in [0, 0.1) is 0 Å². The lowest BCUT2D eigenvalue weighted by atomic mass is 10.7. The van der Waals surface area contributed by atoms with Gasteiger partial charge < -0.3 is 19.7 Å². The van der Waals surface area contributed by atoms with E-state index in [0.717, 1.165) is 0 Å². The summed E-state index contributed by atoms with van der Waals surface area (Å²) in [6.45, 7) is 0.831.